The Kier molecular flexibility index (Phi) is 10.1. The van der Waals surface area contributed by atoms with E-state index in [4.69, 9.17) is 15.0 Å². The number of aromatic nitrogens is 6. The molecule has 2 atom stereocenters. The second-order valence-corrected chi connectivity index (χ2v) is 20.2. The van der Waals surface area contributed by atoms with Gasteiger partial charge in [0, 0.05) is 68.8 Å². The lowest BCUT2D eigenvalue weighted by Gasteiger charge is -2.16. The van der Waals surface area contributed by atoms with Gasteiger partial charge < -0.3 is 18.7 Å². The summed E-state index contributed by atoms with van der Waals surface area (Å²) >= 11 is -2.44. The summed E-state index contributed by atoms with van der Waals surface area (Å²) in [6.45, 7) is 0. The molecule has 0 radical (unpaired) electrons. The van der Waals surface area contributed by atoms with Crippen molar-refractivity contribution in [3.8, 4) is 61.6 Å². The summed E-state index contributed by atoms with van der Waals surface area (Å²) in [6, 6.07) is 60.2. The van der Waals surface area contributed by atoms with Gasteiger partial charge in [-0.15, -0.1) is 0 Å². The number of benzene rings is 7. The molecule has 0 spiro atoms. The zero-order chi connectivity index (χ0) is 47.0. The summed E-state index contributed by atoms with van der Waals surface area (Å²) in [7, 11) is 0. The van der Waals surface area contributed by atoms with Crippen LogP contribution in [0, 0.1) is 0 Å². The third kappa shape index (κ3) is 6.87. The molecule has 7 aromatic carbocycles. The van der Waals surface area contributed by atoms with Crippen LogP contribution in [-0.4, -0.2) is 51.1 Å². The van der Waals surface area contributed by atoms with Gasteiger partial charge in [-0.05, 0) is 129 Å². The van der Waals surface area contributed by atoms with Crippen molar-refractivity contribution in [1.29, 1.82) is 0 Å². The Morgan fingerprint density at radius 2 is 1.11 bits per heavy atom. The van der Waals surface area contributed by atoms with Crippen molar-refractivity contribution < 1.29 is 9.11 Å². The fourth-order valence-electron chi connectivity index (χ4n) is 10.4. The lowest BCUT2D eigenvalue weighted by atomic mass is 9.95. The van der Waals surface area contributed by atoms with Crippen LogP contribution in [0.2, 0.25) is 0 Å². The molecule has 13 rings (SSSR count). The third-order valence-corrected chi connectivity index (χ3v) is 15.4. The minimum Gasteiger partial charge on any atom is -0.612 e. The predicted octanol–water partition coefficient (Wildman–Crippen LogP) is 14.1. The maximum Gasteiger partial charge on any atom is 0.160 e. The number of hydrogen-bond donors (Lipinski definition) is 1. The molecule has 0 aliphatic rings. The Bertz CT molecular complexity index is 4220. The minimum absolute atomic E-state index is 0.760. The van der Waals surface area contributed by atoms with E-state index >= 15 is 0 Å². The first-order valence-corrected chi connectivity index (χ1v) is 26.0. The maximum absolute atomic E-state index is 13.2. The molecule has 0 bridgehead atoms. The molecule has 334 valence electrons. The van der Waals surface area contributed by atoms with Crippen LogP contribution in [0.15, 0.2) is 211 Å². The van der Waals surface area contributed by atoms with Crippen molar-refractivity contribution in [2.75, 3.05) is 12.5 Å². The summed E-state index contributed by atoms with van der Waals surface area (Å²) in [5.74, 6) is 0. The maximum atomic E-state index is 13.2. The van der Waals surface area contributed by atoms with Gasteiger partial charge in [0.25, 0.3) is 0 Å². The molecule has 8 nitrogen and oxygen atoms in total. The number of H-pyrrole nitrogens is 1. The van der Waals surface area contributed by atoms with E-state index in [0.717, 1.165) is 137 Å². The number of pyridine rings is 4. The average Bonchev–Trinajstić information content (AvgIpc) is 3.96. The van der Waals surface area contributed by atoms with Gasteiger partial charge in [-0.2, -0.15) is 0 Å². The Balaban J connectivity index is 1.03. The molecule has 6 heterocycles. The van der Waals surface area contributed by atoms with Crippen LogP contribution >= 0.6 is 0 Å². The van der Waals surface area contributed by atoms with E-state index in [1.165, 1.54) is 0 Å². The lowest BCUT2D eigenvalue weighted by Crippen LogP contribution is -2.01. The van der Waals surface area contributed by atoms with Gasteiger partial charge in [0.05, 0.1) is 55.6 Å². The second-order valence-electron chi connectivity index (χ2n) is 17.5. The van der Waals surface area contributed by atoms with Crippen LogP contribution in [0.4, 0.5) is 0 Å². The Labute approximate surface area is 408 Å². The zero-order valence-corrected chi connectivity index (χ0v) is 39.6. The SMILES string of the molecule is C[S+]([O-])c1ccccc1-c1cc2c(c3ccccc13)c1cnccc1n2-c1cc(-c2ccccc2)nc(-c2cccc(-c3cnc4c(c3)c(-c3ccccc3[S+](C)[O-])cc3[nH]c5cccnc5c34)c2)c1. The summed E-state index contributed by atoms with van der Waals surface area (Å²) < 4.78 is 28.8. The number of aromatic amines is 1. The molecule has 0 saturated heterocycles. The molecule has 10 heteroatoms. The highest BCUT2D eigenvalue weighted by Gasteiger charge is 2.24. The number of nitrogens with one attached hydrogen (secondary N) is 1. The van der Waals surface area contributed by atoms with Gasteiger partial charge in [0.1, 0.15) is 12.5 Å². The summed E-state index contributed by atoms with van der Waals surface area (Å²) in [5, 5.41) is 6.18. The molecule has 6 aromatic heterocycles. The average molecular weight is 941 g/mol. The van der Waals surface area contributed by atoms with Crippen LogP contribution in [0.25, 0.3) is 127 Å². The second kappa shape index (κ2) is 16.8. The molecular weight excluding hydrogens is 901 g/mol. The highest BCUT2D eigenvalue weighted by molar-refractivity contribution is 7.91. The lowest BCUT2D eigenvalue weighted by molar-refractivity contribution is 0.600. The number of rotatable bonds is 8. The van der Waals surface area contributed by atoms with Crippen molar-refractivity contribution in [2.45, 2.75) is 9.79 Å². The normalized spacial score (nSPS) is 12.7. The highest BCUT2D eigenvalue weighted by Crippen LogP contribution is 2.44. The van der Waals surface area contributed by atoms with Gasteiger partial charge in [0.2, 0.25) is 0 Å². The largest absolute Gasteiger partial charge is 0.612 e. The van der Waals surface area contributed by atoms with E-state index in [9.17, 15) is 9.11 Å². The molecule has 0 amide bonds. The Morgan fingerprint density at radius 3 is 1.89 bits per heavy atom. The molecule has 0 saturated carbocycles. The number of fused-ring (bicyclic) bond motifs is 10. The molecule has 0 aliphatic heterocycles. The fraction of sp³-hybridized carbons (Fsp3) is 0.0333. The summed E-state index contributed by atoms with van der Waals surface area (Å²) in [4.78, 5) is 25.2. The molecule has 2 unspecified atom stereocenters. The first kappa shape index (κ1) is 42.0. The van der Waals surface area contributed by atoms with Crippen molar-refractivity contribution in [2.24, 2.45) is 0 Å². The molecule has 13 aromatic rings. The summed E-state index contributed by atoms with van der Waals surface area (Å²) in [5.41, 5.74) is 15.7. The van der Waals surface area contributed by atoms with Crippen LogP contribution in [0.5, 0.6) is 0 Å². The summed E-state index contributed by atoms with van der Waals surface area (Å²) in [6.07, 6.45) is 11.0. The van der Waals surface area contributed by atoms with Gasteiger partial charge in [0.15, 0.2) is 9.79 Å². The molecule has 70 heavy (non-hydrogen) atoms. The van der Waals surface area contributed by atoms with E-state index < -0.39 is 22.4 Å². The molecule has 1 N–H and O–H groups in total. The number of nitrogens with zero attached hydrogens (tertiary/aromatic N) is 5. The van der Waals surface area contributed by atoms with Crippen molar-refractivity contribution in [1.82, 2.24) is 29.5 Å². The van der Waals surface area contributed by atoms with Crippen molar-refractivity contribution in [3.63, 3.8) is 0 Å². The van der Waals surface area contributed by atoms with Crippen LogP contribution < -0.4 is 0 Å². The topological polar surface area (TPSA) is 118 Å². The van der Waals surface area contributed by atoms with E-state index in [1.807, 2.05) is 97.6 Å². The smallest absolute Gasteiger partial charge is 0.160 e. The first-order chi connectivity index (χ1) is 34.4. The monoisotopic (exact) mass is 940 g/mol. The minimum atomic E-state index is -1.23. The van der Waals surface area contributed by atoms with Crippen molar-refractivity contribution >= 4 is 87.8 Å². The van der Waals surface area contributed by atoms with Gasteiger partial charge >= 0.3 is 0 Å². The standard InChI is InChI=1S/C60H40N6O2S2/c1-69(67)55-23-10-8-19-42(55)45-32-52-58(60-49(64-52)22-13-26-62-60)59-47(45)29-39(34-63-59)37-16-12-17-38(28-37)51-31-40(30-50(65-51)36-14-4-3-5-15-36)66-53-25-27-61-35-48(53)57-44-21-7-6-18-41(44)46(33-54(57)66)43-20-9-11-24-56(43)70(2)68/h3-35,64H,1-2H3. The quantitative estimate of drug-likeness (QED) is 0.152. The van der Waals surface area contributed by atoms with Crippen LogP contribution in [0.1, 0.15) is 0 Å². The van der Waals surface area contributed by atoms with E-state index in [2.05, 4.69) is 118 Å². The third-order valence-electron chi connectivity index (χ3n) is 13.5. The van der Waals surface area contributed by atoms with E-state index in [0.29, 0.717) is 0 Å². The van der Waals surface area contributed by atoms with Gasteiger partial charge in [-0.25, -0.2) is 4.98 Å². The highest BCUT2D eigenvalue weighted by atomic mass is 32.2. The Morgan fingerprint density at radius 1 is 0.443 bits per heavy atom. The van der Waals surface area contributed by atoms with Crippen molar-refractivity contribution in [3.05, 3.63) is 201 Å². The molecular formula is C60H40N6O2S2. The predicted molar refractivity (Wildman–Crippen MR) is 288 cm³/mol. The first-order valence-electron chi connectivity index (χ1n) is 22.9. The molecule has 0 aliphatic carbocycles. The Hall–Kier alpha value is -8.12. The molecule has 0 fully saturated rings. The fourth-order valence-corrected chi connectivity index (χ4v) is 11.9. The van der Waals surface area contributed by atoms with Crippen LogP contribution in [-0.2, 0) is 22.4 Å². The number of hydrogen-bond acceptors (Lipinski definition) is 6. The van der Waals surface area contributed by atoms with Gasteiger partial charge in [-0.1, -0.05) is 97.1 Å². The van der Waals surface area contributed by atoms with E-state index in [1.54, 1.807) is 12.5 Å². The van der Waals surface area contributed by atoms with E-state index in [-0.39, 0.29) is 0 Å². The van der Waals surface area contributed by atoms with Gasteiger partial charge in [-0.3, -0.25) is 15.0 Å². The zero-order valence-electron chi connectivity index (χ0n) is 37.9. The van der Waals surface area contributed by atoms with Crippen LogP contribution in [0.3, 0.4) is 0 Å².